The predicted molar refractivity (Wildman–Crippen MR) is 110 cm³/mol. The van der Waals surface area contributed by atoms with Crippen molar-refractivity contribution in [2.24, 2.45) is 0 Å². The van der Waals surface area contributed by atoms with Gasteiger partial charge in [0, 0.05) is 12.6 Å². The molecule has 1 heterocycles. The van der Waals surface area contributed by atoms with Crippen molar-refractivity contribution in [3.63, 3.8) is 0 Å². The molecule has 1 aromatic heterocycles. The molecule has 2 aromatic carbocycles. The van der Waals surface area contributed by atoms with Gasteiger partial charge in [-0.3, -0.25) is 10.1 Å². The van der Waals surface area contributed by atoms with Gasteiger partial charge in [0.2, 0.25) is 5.91 Å². The van der Waals surface area contributed by atoms with Gasteiger partial charge in [-0.1, -0.05) is 54.2 Å². The lowest BCUT2D eigenvalue weighted by Crippen LogP contribution is -2.41. The highest BCUT2D eigenvalue weighted by molar-refractivity contribution is 7.99. The Morgan fingerprint density at radius 1 is 1.07 bits per heavy atom. The summed E-state index contributed by atoms with van der Waals surface area (Å²) >= 11 is 1.35. The molecule has 7 heteroatoms. The summed E-state index contributed by atoms with van der Waals surface area (Å²) in [6, 6.07) is 18.1. The number of fused-ring (bicyclic) bond motifs is 1. The maximum absolute atomic E-state index is 12.1. The van der Waals surface area contributed by atoms with Crippen molar-refractivity contribution >= 4 is 34.7 Å². The largest absolute Gasteiger partial charge is 0.335 e. The number of thioether (sulfide) groups is 1. The van der Waals surface area contributed by atoms with E-state index in [2.05, 4.69) is 32.3 Å². The number of aromatic nitrogens is 2. The number of rotatable bonds is 7. The molecular weight excluding hydrogens is 372 g/mol. The third-order valence-corrected chi connectivity index (χ3v) is 5.56. The smallest absolute Gasteiger partial charge is 0.321 e. The molecule has 28 heavy (non-hydrogen) atoms. The minimum absolute atomic E-state index is 0.146. The molecule has 0 bridgehead atoms. The number of imide groups is 1. The van der Waals surface area contributed by atoms with Gasteiger partial charge in [0.15, 0.2) is 5.16 Å². The zero-order chi connectivity index (χ0) is 19.3. The monoisotopic (exact) mass is 394 g/mol. The van der Waals surface area contributed by atoms with E-state index in [1.54, 1.807) is 0 Å². The highest BCUT2D eigenvalue weighted by atomic mass is 32.2. The van der Waals surface area contributed by atoms with Crippen LogP contribution in [-0.4, -0.2) is 33.3 Å². The zero-order valence-corrected chi connectivity index (χ0v) is 16.2. The van der Waals surface area contributed by atoms with Crippen LogP contribution in [0.2, 0.25) is 0 Å². The van der Waals surface area contributed by atoms with Crippen molar-refractivity contribution in [3.8, 4) is 0 Å². The Bertz CT molecular complexity index is 982. The first kappa shape index (κ1) is 18.6. The van der Waals surface area contributed by atoms with Gasteiger partial charge >= 0.3 is 6.03 Å². The molecule has 3 amide bonds. The van der Waals surface area contributed by atoms with Gasteiger partial charge in [0.1, 0.15) is 0 Å². The fraction of sp³-hybridized carbons (Fsp3) is 0.286. The highest BCUT2D eigenvalue weighted by Crippen LogP contribution is 2.24. The maximum atomic E-state index is 12.1. The van der Waals surface area contributed by atoms with Gasteiger partial charge < -0.3 is 9.88 Å². The second-order valence-electron chi connectivity index (χ2n) is 6.85. The normalized spacial score (nSPS) is 13.4. The fourth-order valence-electron chi connectivity index (χ4n) is 3.01. The SMILES string of the molecule is O=C(CSc1nc2ccccc2n1CCc1ccccc1)NC(=O)NC1CC1. The summed E-state index contributed by atoms with van der Waals surface area (Å²) in [5, 5.41) is 5.93. The van der Waals surface area contributed by atoms with Crippen LogP contribution < -0.4 is 10.6 Å². The summed E-state index contributed by atoms with van der Waals surface area (Å²) < 4.78 is 2.14. The number of nitrogens with one attached hydrogen (secondary N) is 2. The Kier molecular flexibility index (Phi) is 5.62. The molecule has 0 atom stereocenters. The predicted octanol–water partition coefficient (Wildman–Crippen LogP) is 3.36. The Morgan fingerprint density at radius 2 is 1.82 bits per heavy atom. The molecule has 0 unspecified atom stereocenters. The standard InChI is InChI=1S/C21H22N4O2S/c26-19(24-20(27)22-16-10-11-16)14-28-21-23-17-8-4-5-9-18(17)25(21)13-12-15-6-2-1-3-7-15/h1-9,16H,10-14H2,(H2,22,24,26,27). The summed E-state index contributed by atoms with van der Waals surface area (Å²) in [6.45, 7) is 0.774. The molecule has 144 valence electrons. The Hall–Kier alpha value is -2.80. The summed E-state index contributed by atoms with van der Waals surface area (Å²) in [7, 11) is 0. The molecule has 6 nitrogen and oxygen atoms in total. The van der Waals surface area contributed by atoms with Crippen LogP contribution in [0.1, 0.15) is 18.4 Å². The quantitative estimate of drug-likeness (QED) is 0.603. The number of hydrogen-bond donors (Lipinski definition) is 2. The topological polar surface area (TPSA) is 76.0 Å². The van der Waals surface area contributed by atoms with Gasteiger partial charge in [0.25, 0.3) is 0 Å². The third-order valence-electron chi connectivity index (χ3n) is 4.58. The minimum atomic E-state index is -0.411. The van der Waals surface area contributed by atoms with Crippen molar-refractivity contribution < 1.29 is 9.59 Å². The molecule has 1 saturated carbocycles. The van der Waals surface area contributed by atoms with Gasteiger partial charge in [0.05, 0.1) is 16.8 Å². The average Bonchev–Trinajstić information content (AvgIpc) is 3.44. The molecule has 2 N–H and O–H groups in total. The first-order valence-electron chi connectivity index (χ1n) is 9.41. The molecule has 0 saturated heterocycles. The van der Waals surface area contributed by atoms with Crippen molar-refractivity contribution in [1.29, 1.82) is 0 Å². The number of para-hydroxylation sites is 2. The van der Waals surface area contributed by atoms with E-state index >= 15 is 0 Å². The number of carbonyl (C=O) groups excluding carboxylic acids is 2. The van der Waals surface area contributed by atoms with Crippen molar-refractivity contribution in [1.82, 2.24) is 20.2 Å². The van der Waals surface area contributed by atoms with Gasteiger partial charge in [-0.05, 0) is 37.0 Å². The van der Waals surface area contributed by atoms with E-state index in [-0.39, 0.29) is 17.7 Å². The van der Waals surface area contributed by atoms with E-state index in [9.17, 15) is 9.59 Å². The number of carbonyl (C=O) groups is 2. The number of aryl methyl sites for hydroxylation is 2. The molecular formula is C21H22N4O2S. The third kappa shape index (κ3) is 4.72. The zero-order valence-electron chi connectivity index (χ0n) is 15.4. The molecule has 4 rings (SSSR count). The van der Waals surface area contributed by atoms with Crippen molar-refractivity contribution in [2.75, 3.05) is 5.75 Å². The number of amides is 3. The van der Waals surface area contributed by atoms with Crippen LogP contribution in [0.5, 0.6) is 0 Å². The molecule has 0 spiro atoms. The Balaban J connectivity index is 1.43. The van der Waals surface area contributed by atoms with Crippen LogP contribution in [0, 0.1) is 0 Å². The lowest BCUT2D eigenvalue weighted by atomic mass is 10.1. The van der Waals surface area contributed by atoms with Crippen LogP contribution in [-0.2, 0) is 17.8 Å². The molecule has 1 aliphatic rings. The number of benzene rings is 2. The molecule has 0 aliphatic heterocycles. The van der Waals surface area contributed by atoms with Gasteiger partial charge in [-0.25, -0.2) is 9.78 Å². The highest BCUT2D eigenvalue weighted by Gasteiger charge is 2.24. The number of urea groups is 1. The van der Waals surface area contributed by atoms with Crippen LogP contribution in [0.3, 0.4) is 0 Å². The first-order chi connectivity index (χ1) is 13.7. The lowest BCUT2D eigenvalue weighted by molar-refractivity contribution is -0.117. The van der Waals surface area contributed by atoms with Gasteiger partial charge in [-0.2, -0.15) is 0 Å². The van der Waals surface area contributed by atoms with E-state index in [1.165, 1.54) is 17.3 Å². The van der Waals surface area contributed by atoms with Crippen molar-refractivity contribution in [2.45, 2.75) is 37.0 Å². The van der Waals surface area contributed by atoms with E-state index in [4.69, 9.17) is 0 Å². The van der Waals surface area contributed by atoms with Crippen LogP contribution >= 0.6 is 11.8 Å². The second-order valence-corrected chi connectivity index (χ2v) is 7.80. The average molecular weight is 395 g/mol. The maximum Gasteiger partial charge on any atom is 0.321 e. The van der Waals surface area contributed by atoms with E-state index in [0.29, 0.717) is 0 Å². The molecule has 3 aromatic rings. The first-order valence-corrected chi connectivity index (χ1v) is 10.4. The number of hydrogen-bond acceptors (Lipinski definition) is 4. The Labute approximate surface area is 167 Å². The fourth-order valence-corrected chi connectivity index (χ4v) is 3.85. The summed E-state index contributed by atoms with van der Waals surface area (Å²) in [6.07, 6.45) is 2.86. The number of imidazole rings is 1. The lowest BCUT2D eigenvalue weighted by Gasteiger charge is -2.09. The number of nitrogens with zero attached hydrogens (tertiary/aromatic N) is 2. The molecule has 1 aliphatic carbocycles. The Morgan fingerprint density at radius 3 is 2.61 bits per heavy atom. The summed E-state index contributed by atoms with van der Waals surface area (Å²) in [5.74, 6) is -0.169. The van der Waals surface area contributed by atoms with Crippen LogP contribution in [0.25, 0.3) is 11.0 Å². The van der Waals surface area contributed by atoms with E-state index in [1.807, 2.05) is 42.5 Å². The minimum Gasteiger partial charge on any atom is -0.335 e. The van der Waals surface area contributed by atoms with Crippen molar-refractivity contribution in [3.05, 3.63) is 60.2 Å². The second kappa shape index (κ2) is 8.48. The van der Waals surface area contributed by atoms with E-state index < -0.39 is 6.03 Å². The van der Waals surface area contributed by atoms with Crippen LogP contribution in [0.4, 0.5) is 4.79 Å². The summed E-state index contributed by atoms with van der Waals surface area (Å²) in [4.78, 5) is 28.5. The molecule has 0 radical (unpaired) electrons. The summed E-state index contributed by atoms with van der Waals surface area (Å²) in [5.41, 5.74) is 3.21. The van der Waals surface area contributed by atoms with Gasteiger partial charge in [-0.15, -0.1) is 0 Å². The van der Waals surface area contributed by atoms with E-state index in [0.717, 1.165) is 42.0 Å². The molecule has 1 fully saturated rings. The van der Waals surface area contributed by atoms with Crippen LogP contribution in [0.15, 0.2) is 59.8 Å².